The molecule has 1 nitrogen and oxygen atoms in total. The molecule has 1 heteroatoms. The predicted molar refractivity (Wildman–Crippen MR) is 65.0 cm³/mol. The lowest BCUT2D eigenvalue weighted by Gasteiger charge is -2.26. The molecule has 82 valence electrons. The average molecular weight is 203 g/mol. The molecule has 1 aliphatic carbocycles. The van der Waals surface area contributed by atoms with Crippen LogP contribution in [0.2, 0.25) is 0 Å². The van der Waals surface area contributed by atoms with Crippen LogP contribution in [0.5, 0.6) is 0 Å². The van der Waals surface area contributed by atoms with E-state index in [-0.39, 0.29) is 11.5 Å². The molecule has 0 radical (unpaired) electrons. The second-order valence-corrected chi connectivity index (χ2v) is 5.66. The van der Waals surface area contributed by atoms with E-state index in [2.05, 4.69) is 39.0 Å². The quantitative estimate of drug-likeness (QED) is 0.687. The third kappa shape index (κ3) is 2.07. The molecule has 1 aromatic rings. The number of hydrogen-bond acceptors (Lipinski definition) is 1. The summed E-state index contributed by atoms with van der Waals surface area (Å²) in [5, 5.41) is 0. The Labute approximate surface area is 92.7 Å². The predicted octanol–water partition coefficient (Wildman–Crippen LogP) is 3.32. The first kappa shape index (κ1) is 10.7. The number of benzene rings is 1. The zero-order valence-electron chi connectivity index (χ0n) is 10.0. The normalized spacial score (nSPS) is 21.2. The molecule has 0 aliphatic heterocycles. The highest BCUT2D eigenvalue weighted by atomic mass is 14.6. The third-order valence-electron chi connectivity index (χ3n) is 3.37. The Kier molecular flexibility index (Phi) is 2.59. The van der Waals surface area contributed by atoms with E-state index in [1.807, 2.05) is 0 Å². The van der Waals surface area contributed by atoms with Crippen LogP contribution in [0.25, 0.3) is 0 Å². The molecule has 1 aromatic carbocycles. The van der Waals surface area contributed by atoms with Crippen molar-refractivity contribution in [3.8, 4) is 0 Å². The highest BCUT2D eigenvalue weighted by Gasteiger charge is 2.20. The van der Waals surface area contributed by atoms with Crippen LogP contribution < -0.4 is 5.73 Å². The summed E-state index contributed by atoms with van der Waals surface area (Å²) in [6.07, 6.45) is 3.58. The Morgan fingerprint density at radius 3 is 2.67 bits per heavy atom. The summed E-state index contributed by atoms with van der Waals surface area (Å²) in [5.41, 5.74) is 10.6. The Bertz CT molecular complexity index is 360. The van der Waals surface area contributed by atoms with Crippen molar-refractivity contribution >= 4 is 0 Å². The second kappa shape index (κ2) is 3.64. The monoisotopic (exact) mass is 203 g/mol. The molecular weight excluding hydrogens is 182 g/mol. The highest BCUT2D eigenvalue weighted by Crippen LogP contribution is 2.32. The largest absolute Gasteiger partial charge is 0.324 e. The molecule has 0 amide bonds. The number of rotatable bonds is 0. The third-order valence-corrected chi connectivity index (χ3v) is 3.37. The molecular formula is C14H21N. The van der Waals surface area contributed by atoms with Crippen molar-refractivity contribution in [3.63, 3.8) is 0 Å². The van der Waals surface area contributed by atoms with E-state index >= 15 is 0 Å². The smallest absolute Gasteiger partial charge is 0.0297 e. The number of aryl methyl sites for hydroxylation is 1. The van der Waals surface area contributed by atoms with E-state index in [1.54, 1.807) is 0 Å². The van der Waals surface area contributed by atoms with Gasteiger partial charge in [-0.1, -0.05) is 39.0 Å². The van der Waals surface area contributed by atoms with Gasteiger partial charge in [0.2, 0.25) is 0 Å². The maximum atomic E-state index is 6.16. The van der Waals surface area contributed by atoms with Crippen molar-refractivity contribution in [2.75, 3.05) is 0 Å². The van der Waals surface area contributed by atoms with Crippen LogP contribution in [0.15, 0.2) is 18.2 Å². The van der Waals surface area contributed by atoms with Gasteiger partial charge < -0.3 is 5.73 Å². The first-order chi connectivity index (χ1) is 6.98. The summed E-state index contributed by atoms with van der Waals surface area (Å²) in [6, 6.07) is 7.11. The fraction of sp³-hybridized carbons (Fsp3) is 0.571. The molecule has 1 atom stereocenters. The van der Waals surface area contributed by atoms with Gasteiger partial charge in [-0.3, -0.25) is 0 Å². The van der Waals surface area contributed by atoms with Gasteiger partial charge in [0, 0.05) is 6.04 Å². The standard InChI is InChI=1S/C14H21N/c1-14(2,3)11-8-7-10-5-4-6-13(15)12(10)9-11/h7-9,13H,4-6,15H2,1-3H3/t13-/m0/s1. The van der Waals surface area contributed by atoms with Crippen LogP contribution >= 0.6 is 0 Å². The number of nitrogens with two attached hydrogens (primary N) is 1. The van der Waals surface area contributed by atoms with Gasteiger partial charge in [0.1, 0.15) is 0 Å². The van der Waals surface area contributed by atoms with Gasteiger partial charge in [0.15, 0.2) is 0 Å². The Balaban J connectivity index is 2.44. The molecule has 0 saturated heterocycles. The van der Waals surface area contributed by atoms with Crippen molar-refractivity contribution in [1.82, 2.24) is 0 Å². The molecule has 0 fully saturated rings. The summed E-state index contributed by atoms with van der Waals surface area (Å²) in [5.74, 6) is 0. The molecule has 0 bridgehead atoms. The summed E-state index contributed by atoms with van der Waals surface area (Å²) in [7, 11) is 0. The second-order valence-electron chi connectivity index (χ2n) is 5.66. The first-order valence-corrected chi connectivity index (χ1v) is 5.87. The lowest BCUT2D eigenvalue weighted by molar-refractivity contribution is 0.557. The Hall–Kier alpha value is -0.820. The zero-order valence-corrected chi connectivity index (χ0v) is 10.0. The van der Waals surface area contributed by atoms with E-state index in [4.69, 9.17) is 5.73 Å². The Morgan fingerprint density at radius 2 is 2.00 bits per heavy atom. The SMILES string of the molecule is CC(C)(C)c1ccc2c(c1)[C@@H](N)CCC2. The van der Waals surface area contributed by atoms with Gasteiger partial charge in [-0.25, -0.2) is 0 Å². The van der Waals surface area contributed by atoms with Crippen LogP contribution in [0.4, 0.5) is 0 Å². The fourth-order valence-corrected chi connectivity index (χ4v) is 2.30. The molecule has 1 aliphatic rings. The highest BCUT2D eigenvalue weighted by molar-refractivity contribution is 5.38. The van der Waals surface area contributed by atoms with Crippen molar-refractivity contribution in [1.29, 1.82) is 0 Å². The maximum Gasteiger partial charge on any atom is 0.0297 e. The number of fused-ring (bicyclic) bond motifs is 1. The summed E-state index contributed by atoms with van der Waals surface area (Å²) in [6.45, 7) is 6.76. The van der Waals surface area contributed by atoms with E-state index in [9.17, 15) is 0 Å². The molecule has 0 heterocycles. The van der Waals surface area contributed by atoms with Crippen LogP contribution in [0.1, 0.15) is 56.3 Å². The van der Waals surface area contributed by atoms with E-state index in [1.165, 1.54) is 29.5 Å². The van der Waals surface area contributed by atoms with Crippen LogP contribution in [0.3, 0.4) is 0 Å². The van der Waals surface area contributed by atoms with Crippen molar-refractivity contribution in [2.24, 2.45) is 5.73 Å². The van der Waals surface area contributed by atoms with Crippen LogP contribution in [-0.4, -0.2) is 0 Å². The van der Waals surface area contributed by atoms with Gasteiger partial charge in [-0.2, -0.15) is 0 Å². The van der Waals surface area contributed by atoms with E-state index in [0.717, 1.165) is 6.42 Å². The molecule has 2 N–H and O–H groups in total. The van der Waals surface area contributed by atoms with Gasteiger partial charge >= 0.3 is 0 Å². The minimum absolute atomic E-state index is 0.228. The molecule has 0 saturated carbocycles. The summed E-state index contributed by atoms with van der Waals surface area (Å²) >= 11 is 0. The average Bonchev–Trinajstić information content (AvgIpc) is 2.16. The van der Waals surface area contributed by atoms with Gasteiger partial charge in [-0.15, -0.1) is 0 Å². The lowest BCUT2D eigenvalue weighted by Crippen LogP contribution is -2.19. The maximum absolute atomic E-state index is 6.16. The van der Waals surface area contributed by atoms with Gasteiger partial charge in [-0.05, 0) is 41.4 Å². The topological polar surface area (TPSA) is 26.0 Å². The van der Waals surface area contributed by atoms with Gasteiger partial charge in [0.05, 0.1) is 0 Å². The van der Waals surface area contributed by atoms with Crippen LogP contribution in [0, 0.1) is 0 Å². The molecule has 0 spiro atoms. The minimum atomic E-state index is 0.228. The van der Waals surface area contributed by atoms with E-state index < -0.39 is 0 Å². The number of hydrogen-bond donors (Lipinski definition) is 1. The minimum Gasteiger partial charge on any atom is -0.324 e. The fourth-order valence-electron chi connectivity index (χ4n) is 2.30. The summed E-state index contributed by atoms with van der Waals surface area (Å²) < 4.78 is 0. The van der Waals surface area contributed by atoms with Crippen molar-refractivity contribution in [3.05, 3.63) is 34.9 Å². The lowest BCUT2D eigenvalue weighted by atomic mass is 9.81. The zero-order chi connectivity index (χ0) is 11.1. The van der Waals surface area contributed by atoms with E-state index in [0.29, 0.717) is 0 Å². The summed E-state index contributed by atoms with van der Waals surface area (Å²) in [4.78, 5) is 0. The molecule has 2 rings (SSSR count). The first-order valence-electron chi connectivity index (χ1n) is 5.87. The molecule has 0 aromatic heterocycles. The molecule has 15 heavy (non-hydrogen) atoms. The van der Waals surface area contributed by atoms with Crippen molar-refractivity contribution < 1.29 is 0 Å². The Morgan fingerprint density at radius 1 is 1.27 bits per heavy atom. The van der Waals surface area contributed by atoms with Crippen LogP contribution in [-0.2, 0) is 11.8 Å². The van der Waals surface area contributed by atoms with Crippen molar-refractivity contribution in [2.45, 2.75) is 51.5 Å². The molecule has 0 unspecified atom stereocenters. The van der Waals surface area contributed by atoms with Gasteiger partial charge in [0.25, 0.3) is 0 Å².